The molecule has 1 heteroatoms. The Labute approximate surface area is 108 Å². The maximum atomic E-state index is 4.30. The molecule has 1 rings (SSSR count). The van der Waals surface area contributed by atoms with Gasteiger partial charge in [-0.05, 0) is 36.0 Å². The van der Waals surface area contributed by atoms with Crippen LogP contribution in [0.5, 0.6) is 0 Å². The quantitative estimate of drug-likeness (QED) is 0.693. The van der Waals surface area contributed by atoms with Gasteiger partial charge in [0.15, 0.2) is 0 Å². The number of rotatable bonds is 4. The van der Waals surface area contributed by atoms with E-state index in [4.69, 9.17) is 0 Å². The Morgan fingerprint density at radius 2 is 1.88 bits per heavy atom. The van der Waals surface area contributed by atoms with Crippen molar-refractivity contribution in [1.29, 1.82) is 0 Å². The van der Waals surface area contributed by atoms with Gasteiger partial charge in [-0.15, -0.1) is 0 Å². The molecule has 1 saturated heterocycles. The van der Waals surface area contributed by atoms with E-state index in [-0.39, 0.29) is 0 Å². The van der Waals surface area contributed by atoms with Crippen LogP contribution >= 0.6 is 0 Å². The van der Waals surface area contributed by atoms with Crippen molar-refractivity contribution in [2.24, 2.45) is 23.2 Å². The summed E-state index contributed by atoms with van der Waals surface area (Å²) in [7, 11) is 0. The fourth-order valence-corrected chi connectivity index (χ4v) is 2.93. The summed E-state index contributed by atoms with van der Waals surface area (Å²) in [5.74, 6) is 2.51. The van der Waals surface area contributed by atoms with Crippen molar-refractivity contribution in [3.63, 3.8) is 0 Å². The molecule has 0 amide bonds. The zero-order chi connectivity index (χ0) is 13.2. The van der Waals surface area contributed by atoms with Crippen LogP contribution in [0, 0.1) is 23.2 Å². The van der Waals surface area contributed by atoms with Crippen LogP contribution < -0.4 is 0 Å². The topological polar surface area (TPSA) is 3.24 Å². The molecule has 2 unspecified atom stereocenters. The third-order valence-corrected chi connectivity index (χ3v) is 3.72. The normalized spacial score (nSPS) is 25.7. The largest absolute Gasteiger partial charge is 0.375 e. The fraction of sp³-hybridized carbons (Fsp3) is 0.875. The predicted molar refractivity (Wildman–Crippen MR) is 76.9 cm³/mol. The third kappa shape index (κ3) is 4.73. The zero-order valence-corrected chi connectivity index (χ0v) is 12.7. The van der Waals surface area contributed by atoms with Crippen LogP contribution in [0.2, 0.25) is 0 Å². The van der Waals surface area contributed by atoms with E-state index >= 15 is 0 Å². The van der Waals surface area contributed by atoms with Crippen LogP contribution in [0.25, 0.3) is 0 Å². The Balaban J connectivity index is 2.51. The van der Waals surface area contributed by atoms with Crippen LogP contribution in [-0.2, 0) is 0 Å². The molecule has 1 aliphatic heterocycles. The third-order valence-electron chi connectivity index (χ3n) is 3.72. The number of likely N-dealkylation sites (tertiary alicyclic amines) is 1. The highest BCUT2D eigenvalue weighted by atomic mass is 15.2. The molecule has 1 heterocycles. The number of nitrogens with zero attached hydrogens (tertiary/aromatic N) is 1. The molecule has 0 N–H and O–H groups in total. The van der Waals surface area contributed by atoms with Crippen LogP contribution in [-0.4, -0.2) is 18.0 Å². The van der Waals surface area contributed by atoms with Crippen LogP contribution in [0.15, 0.2) is 12.3 Å². The number of hydrogen-bond donors (Lipinski definition) is 0. The molecule has 0 aromatic heterocycles. The summed E-state index contributed by atoms with van der Waals surface area (Å²) in [5, 5.41) is 0. The summed E-state index contributed by atoms with van der Waals surface area (Å²) in [4.78, 5) is 2.53. The highest BCUT2D eigenvalue weighted by molar-refractivity contribution is 5.01. The van der Waals surface area contributed by atoms with Gasteiger partial charge in [-0.25, -0.2) is 0 Å². The predicted octanol–water partition coefficient (Wildman–Crippen LogP) is 4.55. The lowest BCUT2D eigenvalue weighted by molar-refractivity contribution is 0.314. The van der Waals surface area contributed by atoms with Crippen molar-refractivity contribution >= 4 is 0 Å². The minimum Gasteiger partial charge on any atom is -0.375 e. The van der Waals surface area contributed by atoms with Gasteiger partial charge >= 0.3 is 0 Å². The van der Waals surface area contributed by atoms with Gasteiger partial charge in [-0.2, -0.15) is 0 Å². The first-order chi connectivity index (χ1) is 7.69. The molecule has 1 fully saturated rings. The molecule has 2 atom stereocenters. The molecular formula is C16H31N. The summed E-state index contributed by atoms with van der Waals surface area (Å²) in [6, 6.07) is 0. The molecular weight excluding hydrogens is 206 g/mol. The monoisotopic (exact) mass is 237 g/mol. The van der Waals surface area contributed by atoms with Crippen molar-refractivity contribution in [3.8, 4) is 0 Å². The van der Waals surface area contributed by atoms with Gasteiger partial charge in [0.25, 0.3) is 0 Å². The van der Waals surface area contributed by atoms with Gasteiger partial charge in [0.05, 0.1) is 0 Å². The minimum atomic E-state index is 0.358. The lowest BCUT2D eigenvalue weighted by Gasteiger charge is -2.27. The van der Waals surface area contributed by atoms with Crippen molar-refractivity contribution in [1.82, 2.24) is 4.90 Å². The Bertz CT molecular complexity index is 259. The van der Waals surface area contributed by atoms with E-state index in [1.165, 1.54) is 25.2 Å². The molecule has 0 aromatic rings. The molecule has 0 bridgehead atoms. The van der Waals surface area contributed by atoms with E-state index in [2.05, 4.69) is 53.0 Å². The average Bonchev–Trinajstić information content (AvgIpc) is 2.44. The highest BCUT2D eigenvalue weighted by Crippen LogP contribution is 2.33. The summed E-state index contributed by atoms with van der Waals surface area (Å²) < 4.78 is 0. The van der Waals surface area contributed by atoms with Crippen molar-refractivity contribution in [3.05, 3.63) is 12.3 Å². The lowest BCUT2D eigenvalue weighted by atomic mass is 9.89. The standard InChI is InChI=1S/C16H31N/c1-12(2)8-15-11-17(10-13(15)3)14(4)9-16(5,6)7/h12-13,15H,4,8-11H2,1-3,5-7H3. The van der Waals surface area contributed by atoms with Crippen molar-refractivity contribution in [2.75, 3.05) is 13.1 Å². The Kier molecular flexibility index (Phi) is 4.69. The Morgan fingerprint density at radius 3 is 2.35 bits per heavy atom. The van der Waals surface area contributed by atoms with E-state index in [9.17, 15) is 0 Å². The summed E-state index contributed by atoms with van der Waals surface area (Å²) in [5.41, 5.74) is 1.70. The first-order valence-corrected chi connectivity index (χ1v) is 7.12. The van der Waals surface area contributed by atoms with Crippen LogP contribution in [0.1, 0.15) is 54.4 Å². The minimum absolute atomic E-state index is 0.358. The molecule has 0 saturated carbocycles. The molecule has 100 valence electrons. The van der Waals surface area contributed by atoms with Gasteiger partial charge in [-0.3, -0.25) is 0 Å². The number of hydrogen-bond acceptors (Lipinski definition) is 1. The van der Waals surface area contributed by atoms with E-state index in [0.717, 1.165) is 24.2 Å². The maximum Gasteiger partial charge on any atom is 0.0206 e. The Morgan fingerprint density at radius 1 is 1.29 bits per heavy atom. The van der Waals surface area contributed by atoms with E-state index in [1.807, 2.05) is 0 Å². The second-order valence-electron chi connectivity index (χ2n) is 7.58. The average molecular weight is 237 g/mol. The summed E-state index contributed by atoms with van der Waals surface area (Å²) in [6.45, 7) is 20.7. The van der Waals surface area contributed by atoms with Gasteiger partial charge in [0.1, 0.15) is 0 Å². The van der Waals surface area contributed by atoms with Gasteiger partial charge in [0, 0.05) is 18.8 Å². The van der Waals surface area contributed by atoms with Crippen LogP contribution in [0.3, 0.4) is 0 Å². The molecule has 0 aromatic carbocycles. The molecule has 0 aliphatic carbocycles. The smallest absolute Gasteiger partial charge is 0.0206 e. The van der Waals surface area contributed by atoms with Gasteiger partial charge in [-0.1, -0.05) is 48.1 Å². The second-order valence-corrected chi connectivity index (χ2v) is 7.58. The van der Waals surface area contributed by atoms with Crippen molar-refractivity contribution < 1.29 is 0 Å². The molecule has 1 aliphatic rings. The molecule has 1 nitrogen and oxygen atoms in total. The highest BCUT2D eigenvalue weighted by Gasteiger charge is 2.31. The maximum absolute atomic E-state index is 4.30. The van der Waals surface area contributed by atoms with Gasteiger partial charge < -0.3 is 4.90 Å². The fourth-order valence-electron chi connectivity index (χ4n) is 2.93. The first-order valence-electron chi connectivity index (χ1n) is 7.12. The molecule has 0 radical (unpaired) electrons. The van der Waals surface area contributed by atoms with Gasteiger partial charge in [0.2, 0.25) is 0 Å². The summed E-state index contributed by atoms with van der Waals surface area (Å²) in [6.07, 6.45) is 2.48. The Hall–Kier alpha value is -0.460. The lowest BCUT2D eigenvalue weighted by Crippen LogP contribution is -2.23. The van der Waals surface area contributed by atoms with Crippen molar-refractivity contribution in [2.45, 2.75) is 54.4 Å². The van der Waals surface area contributed by atoms with E-state index in [0.29, 0.717) is 5.41 Å². The van der Waals surface area contributed by atoms with Crippen LogP contribution in [0.4, 0.5) is 0 Å². The number of allylic oxidation sites excluding steroid dienone is 1. The first kappa shape index (κ1) is 14.6. The van der Waals surface area contributed by atoms with E-state index < -0.39 is 0 Å². The molecule has 0 spiro atoms. The SMILES string of the molecule is C=C(CC(C)(C)C)N1CC(C)C(CC(C)C)C1. The zero-order valence-electron chi connectivity index (χ0n) is 12.7. The molecule has 17 heavy (non-hydrogen) atoms. The van der Waals surface area contributed by atoms with E-state index in [1.54, 1.807) is 0 Å². The summed E-state index contributed by atoms with van der Waals surface area (Å²) >= 11 is 0. The second kappa shape index (κ2) is 5.46.